The Morgan fingerprint density at radius 3 is 2.53 bits per heavy atom. The standard InChI is InChI=1S/C25H43N3O4/c1-18-15-28(19(2)17-29)25(30)22-14-21(27(6)7)11-12-23(22)32-20(3)10-8-9-13-31-24(18)16-26(4)5/h11-12,14,18-20,24,29H,8-10,13,15-17H2,1-7H3/t18-,19-,20-,24-/m1/s1. The number of aliphatic hydroxyl groups excluding tert-OH is 1. The molecule has 1 aliphatic rings. The van der Waals surface area contributed by atoms with E-state index in [1.807, 2.05) is 65.1 Å². The van der Waals surface area contributed by atoms with E-state index < -0.39 is 0 Å². The predicted molar refractivity (Wildman–Crippen MR) is 130 cm³/mol. The molecule has 7 heteroatoms. The molecule has 1 N–H and O–H groups in total. The quantitative estimate of drug-likeness (QED) is 0.745. The minimum atomic E-state index is -0.314. The van der Waals surface area contributed by atoms with Gasteiger partial charge in [-0.25, -0.2) is 0 Å². The first kappa shape index (κ1) is 26.4. The van der Waals surface area contributed by atoms with Gasteiger partial charge < -0.3 is 29.3 Å². The number of nitrogens with zero attached hydrogens (tertiary/aromatic N) is 3. The van der Waals surface area contributed by atoms with Crippen LogP contribution >= 0.6 is 0 Å². The van der Waals surface area contributed by atoms with E-state index in [4.69, 9.17) is 9.47 Å². The normalized spacial score (nSPS) is 24.5. The van der Waals surface area contributed by atoms with E-state index >= 15 is 0 Å². The Morgan fingerprint density at radius 2 is 1.91 bits per heavy atom. The smallest absolute Gasteiger partial charge is 0.258 e. The minimum absolute atomic E-state index is 0.00472. The maximum atomic E-state index is 13.8. The second kappa shape index (κ2) is 12.4. The van der Waals surface area contributed by atoms with Crippen molar-refractivity contribution in [2.24, 2.45) is 5.92 Å². The number of carbonyl (C=O) groups excluding carboxylic acids is 1. The SMILES string of the molecule is C[C@@H]1CCCCO[C@H](CN(C)C)[C@H](C)CN([C@H](C)CO)C(=O)c2cc(N(C)C)ccc2O1. The highest BCUT2D eigenvalue weighted by Crippen LogP contribution is 2.29. The summed E-state index contributed by atoms with van der Waals surface area (Å²) in [6, 6.07) is 5.46. The van der Waals surface area contributed by atoms with Crippen LogP contribution in [0.4, 0.5) is 5.69 Å². The average molecular weight is 450 g/mol. The van der Waals surface area contributed by atoms with Crippen LogP contribution in [0, 0.1) is 5.92 Å². The summed E-state index contributed by atoms with van der Waals surface area (Å²) in [5, 5.41) is 9.93. The van der Waals surface area contributed by atoms with Crippen molar-refractivity contribution in [3.8, 4) is 5.75 Å². The number of hydrogen-bond acceptors (Lipinski definition) is 6. The molecule has 0 unspecified atom stereocenters. The molecule has 1 amide bonds. The molecule has 182 valence electrons. The third-order valence-electron chi connectivity index (χ3n) is 6.10. The highest BCUT2D eigenvalue weighted by atomic mass is 16.5. The van der Waals surface area contributed by atoms with Gasteiger partial charge in [0.25, 0.3) is 5.91 Å². The topological polar surface area (TPSA) is 65.5 Å². The third-order valence-corrected chi connectivity index (χ3v) is 6.10. The molecule has 4 atom stereocenters. The van der Waals surface area contributed by atoms with Gasteiger partial charge in [-0.1, -0.05) is 6.92 Å². The number of benzene rings is 1. The molecule has 1 aliphatic heterocycles. The summed E-state index contributed by atoms with van der Waals surface area (Å²) in [5.41, 5.74) is 1.48. The molecular weight excluding hydrogens is 406 g/mol. The zero-order valence-electron chi connectivity index (χ0n) is 21.0. The maximum absolute atomic E-state index is 13.8. The van der Waals surface area contributed by atoms with Gasteiger partial charge in [-0.2, -0.15) is 0 Å². The molecule has 1 heterocycles. The van der Waals surface area contributed by atoms with Crippen molar-refractivity contribution < 1.29 is 19.4 Å². The predicted octanol–water partition coefficient (Wildman–Crippen LogP) is 3.11. The van der Waals surface area contributed by atoms with Gasteiger partial charge in [-0.15, -0.1) is 0 Å². The monoisotopic (exact) mass is 449 g/mol. The number of aliphatic hydroxyl groups is 1. The van der Waals surface area contributed by atoms with Crippen LogP contribution < -0.4 is 9.64 Å². The fraction of sp³-hybridized carbons (Fsp3) is 0.720. The molecule has 0 bridgehead atoms. The second-order valence-electron chi connectivity index (χ2n) is 9.64. The Kier molecular flexibility index (Phi) is 10.3. The van der Waals surface area contributed by atoms with Crippen LogP contribution in [-0.4, -0.2) is 93.6 Å². The number of ether oxygens (including phenoxy) is 2. The minimum Gasteiger partial charge on any atom is -0.490 e. The van der Waals surface area contributed by atoms with Crippen LogP contribution in [0.15, 0.2) is 18.2 Å². The van der Waals surface area contributed by atoms with Gasteiger partial charge in [-0.3, -0.25) is 4.79 Å². The molecule has 0 aromatic heterocycles. The van der Waals surface area contributed by atoms with Gasteiger partial charge in [0.15, 0.2) is 0 Å². The van der Waals surface area contributed by atoms with E-state index in [0.717, 1.165) is 31.5 Å². The third kappa shape index (κ3) is 7.36. The Morgan fingerprint density at radius 1 is 1.19 bits per heavy atom. The molecular formula is C25H43N3O4. The molecule has 0 radical (unpaired) electrons. The van der Waals surface area contributed by atoms with Gasteiger partial charge in [0.1, 0.15) is 5.75 Å². The summed E-state index contributed by atoms with van der Waals surface area (Å²) in [6.07, 6.45) is 2.89. The Balaban J connectivity index is 2.48. The lowest BCUT2D eigenvalue weighted by Crippen LogP contribution is -2.47. The first-order valence-corrected chi connectivity index (χ1v) is 11.8. The van der Waals surface area contributed by atoms with Crippen LogP contribution in [0.3, 0.4) is 0 Å². The Bertz CT molecular complexity index is 725. The molecule has 32 heavy (non-hydrogen) atoms. The van der Waals surface area contributed by atoms with Gasteiger partial charge >= 0.3 is 0 Å². The van der Waals surface area contributed by atoms with Gasteiger partial charge in [0.2, 0.25) is 0 Å². The zero-order valence-corrected chi connectivity index (χ0v) is 21.0. The summed E-state index contributed by atoms with van der Waals surface area (Å²) in [4.78, 5) is 19.7. The lowest BCUT2D eigenvalue weighted by molar-refractivity contribution is -0.0137. The summed E-state index contributed by atoms with van der Waals surface area (Å²) in [7, 11) is 7.99. The van der Waals surface area contributed by atoms with Crippen molar-refractivity contribution in [1.29, 1.82) is 0 Å². The van der Waals surface area contributed by atoms with E-state index in [-0.39, 0.29) is 36.7 Å². The Labute approximate surface area is 194 Å². The molecule has 0 saturated carbocycles. The molecule has 0 fully saturated rings. The number of hydrogen-bond donors (Lipinski definition) is 1. The highest BCUT2D eigenvalue weighted by molar-refractivity contribution is 5.98. The number of fused-ring (bicyclic) bond motifs is 1. The lowest BCUT2D eigenvalue weighted by Gasteiger charge is -2.35. The lowest BCUT2D eigenvalue weighted by atomic mass is 10.0. The van der Waals surface area contributed by atoms with Crippen LogP contribution in [0.1, 0.15) is 50.4 Å². The van der Waals surface area contributed by atoms with E-state index in [1.54, 1.807) is 4.90 Å². The number of carbonyl (C=O) groups is 1. The Hall–Kier alpha value is -1.83. The van der Waals surface area contributed by atoms with Crippen molar-refractivity contribution >= 4 is 11.6 Å². The van der Waals surface area contributed by atoms with Crippen LogP contribution in [0.25, 0.3) is 0 Å². The van der Waals surface area contributed by atoms with Crippen LogP contribution in [-0.2, 0) is 4.74 Å². The van der Waals surface area contributed by atoms with Crippen molar-refractivity contribution in [2.45, 2.75) is 58.3 Å². The number of likely N-dealkylation sites (N-methyl/N-ethyl adjacent to an activating group) is 1. The van der Waals surface area contributed by atoms with Crippen LogP contribution in [0.5, 0.6) is 5.75 Å². The molecule has 1 aromatic carbocycles. The van der Waals surface area contributed by atoms with Crippen molar-refractivity contribution in [2.75, 3.05) is 59.4 Å². The van der Waals surface area contributed by atoms with E-state index in [0.29, 0.717) is 24.5 Å². The summed E-state index contributed by atoms with van der Waals surface area (Å²) < 4.78 is 12.5. The average Bonchev–Trinajstić information content (AvgIpc) is 2.74. The summed E-state index contributed by atoms with van der Waals surface area (Å²) >= 11 is 0. The maximum Gasteiger partial charge on any atom is 0.258 e. The van der Waals surface area contributed by atoms with E-state index in [1.165, 1.54) is 0 Å². The van der Waals surface area contributed by atoms with E-state index in [9.17, 15) is 9.90 Å². The van der Waals surface area contributed by atoms with Crippen LogP contribution in [0.2, 0.25) is 0 Å². The van der Waals surface area contributed by atoms with Crippen molar-refractivity contribution in [3.05, 3.63) is 23.8 Å². The number of rotatable bonds is 5. The molecule has 2 rings (SSSR count). The zero-order chi connectivity index (χ0) is 23.8. The van der Waals surface area contributed by atoms with Gasteiger partial charge in [-0.05, 0) is 65.4 Å². The second-order valence-corrected chi connectivity index (χ2v) is 9.64. The summed E-state index contributed by atoms with van der Waals surface area (Å²) in [5.74, 6) is 0.595. The number of amides is 1. The molecule has 7 nitrogen and oxygen atoms in total. The first-order chi connectivity index (χ1) is 15.1. The van der Waals surface area contributed by atoms with Gasteiger partial charge in [0.05, 0.1) is 30.4 Å². The van der Waals surface area contributed by atoms with Crippen molar-refractivity contribution in [1.82, 2.24) is 9.80 Å². The fourth-order valence-electron chi connectivity index (χ4n) is 4.01. The first-order valence-electron chi connectivity index (χ1n) is 11.8. The molecule has 0 spiro atoms. The largest absolute Gasteiger partial charge is 0.490 e. The molecule has 1 aromatic rings. The van der Waals surface area contributed by atoms with Crippen molar-refractivity contribution in [3.63, 3.8) is 0 Å². The highest BCUT2D eigenvalue weighted by Gasteiger charge is 2.30. The van der Waals surface area contributed by atoms with Gasteiger partial charge in [0, 0.05) is 45.4 Å². The molecule has 0 aliphatic carbocycles. The van der Waals surface area contributed by atoms with E-state index in [2.05, 4.69) is 11.8 Å². The fourth-order valence-corrected chi connectivity index (χ4v) is 4.01. The summed E-state index contributed by atoms with van der Waals surface area (Å²) in [6.45, 7) is 7.94. The molecule has 0 saturated heterocycles. The number of anilines is 1.